The van der Waals surface area contributed by atoms with Crippen LogP contribution in [-0.2, 0) is 11.2 Å². The van der Waals surface area contributed by atoms with Gasteiger partial charge in [-0.2, -0.15) is 0 Å². The highest BCUT2D eigenvalue weighted by atomic mass is 16.2. The molecule has 19 heavy (non-hydrogen) atoms. The fourth-order valence-corrected chi connectivity index (χ4v) is 3.26. The van der Waals surface area contributed by atoms with E-state index in [1.165, 1.54) is 5.56 Å². The summed E-state index contributed by atoms with van der Waals surface area (Å²) in [4.78, 5) is 14.6. The number of carbonyl (C=O) groups is 1. The first-order valence-electron chi connectivity index (χ1n) is 7.28. The normalized spacial score (nSPS) is 24.5. The quantitative estimate of drug-likeness (QED) is 0.886. The van der Waals surface area contributed by atoms with E-state index in [2.05, 4.69) is 19.1 Å². The van der Waals surface area contributed by atoms with Gasteiger partial charge in [-0.1, -0.05) is 18.2 Å². The van der Waals surface area contributed by atoms with Crippen LogP contribution in [0.25, 0.3) is 0 Å². The molecule has 0 bridgehead atoms. The number of carbonyl (C=O) groups excluding carboxylic acids is 1. The van der Waals surface area contributed by atoms with Crippen molar-refractivity contribution in [3.05, 3.63) is 29.8 Å². The predicted molar refractivity (Wildman–Crippen MR) is 77.1 cm³/mol. The van der Waals surface area contributed by atoms with Crippen molar-refractivity contribution in [3.63, 3.8) is 0 Å². The number of amides is 1. The number of nitrogens with zero attached hydrogens (tertiary/aromatic N) is 1. The zero-order valence-electron chi connectivity index (χ0n) is 11.6. The number of para-hydroxylation sites is 1. The van der Waals surface area contributed by atoms with Gasteiger partial charge in [-0.3, -0.25) is 4.79 Å². The van der Waals surface area contributed by atoms with Gasteiger partial charge in [0, 0.05) is 23.7 Å². The molecular formula is C16H22N2O. The molecule has 1 aliphatic heterocycles. The summed E-state index contributed by atoms with van der Waals surface area (Å²) in [5, 5.41) is 0. The lowest BCUT2D eigenvalue weighted by Crippen LogP contribution is -2.52. The number of fused-ring (bicyclic) bond motifs is 1. The highest BCUT2D eigenvalue weighted by Gasteiger charge is 2.38. The zero-order valence-corrected chi connectivity index (χ0v) is 11.6. The average molecular weight is 258 g/mol. The topological polar surface area (TPSA) is 46.3 Å². The Morgan fingerprint density at radius 1 is 1.42 bits per heavy atom. The molecule has 3 rings (SSSR count). The Bertz CT molecular complexity index is 493. The van der Waals surface area contributed by atoms with E-state index >= 15 is 0 Å². The molecule has 1 aromatic rings. The van der Waals surface area contributed by atoms with Crippen molar-refractivity contribution in [1.29, 1.82) is 0 Å². The van der Waals surface area contributed by atoms with E-state index in [1.807, 2.05) is 17.0 Å². The molecule has 2 aliphatic rings. The van der Waals surface area contributed by atoms with Gasteiger partial charge in [-0.05, 0) is 50.7 Å². The van der Waals surface area contributed by atoms with Crippen molar-refractivity contribution in [1.82, 2.24) is 0 Å². The van der Waals surface area contributed by atoms with Crippen molar-refractivity contribution < 1.29 is 4.79 Å². The molecule has 1 fully saturated rings. The van der Waals surface area contributed by atoms with Crippen LogP contribution in [0.2, 0.25) is 0 Å². The van der Waals surface area contributed by atoms with E-state index in [4.69, 9.17) is 5.73 Å². The van der Waals surface area contributed by atoms with Gasteiger partial charge in [0.25, 0.3) is 0 Å². The fraction of sp³-hybridized carbons (Fsp3) is 0.562. The van der Waals surface area contributed by atoms with E-state index < -0.39 is 0 Å². The van der Waals surface area contributed by atoms with Gasteiger partial charge in [0.1, 0.15) is 0 Å². The average Bonchev–Trinajstić information content (AvgIpc) is 2.36. The number of anilines is 1. The van der Waals surface area contributed by atoms with Gasteiger partial charge in [-0.25, -0.2) is 0 Å². The van der Waals surface area contributed by atoms with Gasteiger partial charge in [0.2, 0.25) is 5.91 Å². The van der Waals surface area contributed by atoms with Crippen molar-refractivity contribution in [2.24, 2.45) is 5.73 Å². The van der Waals surface area contributed by atoms with Gasteiger partial charge in [0.15, 0.2) is 0 Å². The maximum Gasteiger partial charge on any atom is 0.229 e. The van der Waals surface area contributed by atoms with Crippen LogP contribution in [0, 0.1) is 0 Å². The van der Waals surface area contributed by atoms with E-state index in [9.17, 15) is 4.79 Å². The molecule has 2 N–H and O–H groups in total. The molecule has 1 unspecified atom stereocenters. The number of rotatable bonds is 2. The third-order valence-corrected chi connectivity index (χ3v) is 4.64. The second kappa shape index (κ2) is 4.64. The Morgan fingerprint density at radius 3 is 2.84 bits per heavy atom. The molecule has 3 heteroatoms. The lowest BCUT2D eigenvalue weighted by molar-refractivity contribution is -0.121. The molecule has 0 radical (unpaired) electrons. The standard InChI is InChI=1S/C16H22N2O/c1-12-7-8-13-5-2-3-6-14(13)18(12)15(19)11-16(17)9-4-10-16/h2-3,5-6,12H,4,7-11,17H2,1H3. The highest BCUT2D eigenvalue weighted by Crippen LogP contribution is 2.36. The number of nitrogens with two attached hydrogens (primary N) is 1. The smallest absolute Gasteiger partial charge is 0.229 e. The minimum atomic E-state index is -0.233. The van der Waals surface area contributed by atoms with Gasteiger partial charge < -0.3 is 10.6 Å². The Balaban J connectivity index is 1.84. The lowest BCUT2D eigenvalue weighted by Gasteiger charge is -2.41. The molecule has 1 amide bonds. The molecule has 3 nitrogen and oxygen atoms in total. The molecule has 102 valence electrons. The third-order valence-electron chi connectivity index (χ3n) is 4.64. The third kappa shape index (κ3) is 2.27. The van der Waals surface area contributed by atoms with Gasteiger partial charge in [-0.15, -0.1) is 0 Å². The first kappa shape index (κ1) is 12.7. The van der Waals surface area contributed by atoms with Crippen molar-refractivity contribution in [3.8, 4) is 0 Å². The van der Waals surface area contributed by atoms with Gasteiger partial charge >= 0.3 is 0 Å². The van der Waals surface area contributed by atoms with E-state index in [-0.39, 0.29) is 17.5 Å². The zero-order chi connectivity index (χ0) is 13.5. The molecule has 1 atom stereocenters. The lowest BCUT2D eigenvalue weighted by atomic mass is 9.75. The monoisotopic (exact) mass is 258 g/mol. The summed E-state index contributed by atoms with van der Waals surface area (Å²) in [6.07, 6.45) is 5.74. The number of benzene rings is 1. The van der Waals surface area contributed by atoms with Crippen LogP contribution in [0.15, 0.2) is 24.3 Å². The Hall–Kier alpha value is -1.35. The second-order valence-corrected chi connectivity index (χ2v) is 6.17. The summed E-state index contributed by atoms with van der Waals surface area (Å²) < 4.78 is 0. The van der Waals surface area contributed by atoms with Crippen LogP contribution >= 0.6 is 0 Å². The summed E-state index contributed by atoms with van der Waals surface area (Å²) in [6, 6.07) is 8.54. The highest BCUT2D eigenvalue weighted by molar-refractivity contribution is 5.95. The summed E-state index contributed by atoms with van der Waals surface area (Å²) in [7, 11) is 0. The molecule has 1 saturated carbocycles. The van der Waals surface area contributed by atoms with E-state index in [0.29, 0.717) is 6.42 Å². The first-order valence-corrected chi connectivity index (χ1v) is 7.28. The minimum Gasteiger partial charge on any atom is -0.325 e. The summed E-state index contributed by atoms with van der Waals surface area (Å²) >= 11 is 0. The minimum absolute atomic E-state index is 0.196. The summed E-state index contributed by atoms with van der Waals surface area (Å²) in [5.74, 6) is 0.196. The predicted octanol–water partition coefficient (Wildman–Crippen LogP) is 2.63. The maximum absolute atomic E-state index is 12.6. The molecular weight excluding hydrogens is 236 g/mol. The van der Waals surface area contributed by atoms with Crippen molar-refractivity contribution in [2.45, 2.75) is 57.0 Å². The fourth-order valence-electron chi connectivity index (χ4n) is 3.26. The Labute approximate surface area is 114 Å². The van der Waals surface area contributed by atoms with Crippen molar-refractivity contribution in [2.75, 3.05) is 4.90 Å². The van der Waals surface area contributed by atoms with Gasteiger partial charge in [0.05, 0.1) is 0 Å². The van der Waals surface area contributed by atoms with Crippen LogP contribution in [-0.4, -0.2) is 17.5 Å². The van der Waals surface area contributed by atoms with Crippen LogP contribution in [0.3, 0.4) is 0 Å². The van der Waals surface area contributed by atoms with Crippen LogP contribution in [0.4, 0.5) is 5.69 Å². The molecule has 1 aromatic carbocycles. The molecule has 0 spiro atoms. The number of hydrogen-bond donors (Lipinski definition) is 1. The summed E-state index contributed by atoms with van der Waals surface area (Å²) in [6.45, 7) is 2.14. The van der Waals surface area contributed by atoms with Crippen LogP contribution in [0.1, 0.15) is 44.6 Å². The molecule has 0 saturated heterocycles. The molecule has 0 aromatic heterocycles. The van der Waals surface area contributed by atoms with E-state index in [1.54, 1.807) is 0 Å². The van der Waals surface area contributed by atoms with Crippen LogP contribution in [0.5, 0.6) is 0 Å². The number of aryl methyl sites for hydroxylation is 1. The van der Waals surface area contributed by atoms with Crippen molar-refractivity contribution >= 4 is 11.6 Å². The SMILES string of the molecule is CC1CCc2ccccc2N1C(=O)CC1(N)CCC1. The van der Waals surface area contributed by atoms with E-state index in [0.717, 1.165) is 37.8 Å². The van der Waals surface area contributed by atoms with Crippen LogP contribution < -0.4 is 10.6 Å². The molecule has 1 aliphatic carbocycles. The first-order chi connectivity index (χ1) is 9.09. The largest absolute Gasteiger partial charge is 0.325 e. The Kier molecular flexibility index (Phi) is 3.09. The number of hydrogen-bond acceptors (Lipinski definition) is 2. The Morgan fingerprint density at radius 2 is 2.16 bits per heavy atom. The maximum atomic E-state index is 12.6. The molecule has 1 heterocycles. The summed E-state index contributed by atoms with van der Waals surface area (Å²) in [5.41, 5.74) is 8.37. The second-order valence-electron chi connectivity index (χ2n) is 6.17.